The van der Waals surface area contributed by atoms with Crippen LogP contribution in [0.25, 0.3) is 6.08 Å². The average molecular weight is 399 g/mol. The smallest absolute Gasteiger partial charge is 0.337 e. The maximum atomic E-state index is 12.1. The van der Waals surface area contributed by atoms with Gasteiger partial charge in [0, 0.05) is 17.4 Å². The lowest BCUT2D eigenvalue weighted by Crippen LogP contribution is -2.52. The Hall–Kier alpha value is -2.54. The minimum absolute atomic E-state index is 0.159. The van der Waals surface area contributed by atoms with E-state index in [9.17, 15) is 14.4 Å². The van der Waals surface area contributed by atoms with Crippen molar-refractivity contribution in [3.8, 4) is 0 Å². The summed E-state index contributed by atoms with van der Waals surface area (Å²) in [4.78, 5) is 35.4. The molecule has 0 spiro atoms. The number of thioether (sulfide) groups is 1. The highest BCUT2D eigenvalue weighted by molar-refractivity contribution is 8.18. The maximum absolute atomic E-state index is 12.1. The number of carbonyl (C=O) groups is 3. The highest BCUT2D eigenvalue weighted by atomic mass is 32.2. The van der Waals surface area contributed by atoms with E-state index in [0.29, 0.717) is 22.8 Å². The Morgan fingerprint density at radius 1 is 1.39 bits per heavy atom. The number of nitrogens with one attached hydrogen (secondary N) is 1. The number of allylic oxidation sites excluding steroid dienone is 2. The highest BCUT2D eigenvalue weighted by Gasteiger charge is 2.60. The zero-order valence-electron chi connectivity index (χ0n) is 15.9. The second kappa shape index (κ2) is 6.51. The molecular formula is C21H21NO5S. The Morgan fingerprint density at radius 2 is 2.18 bits per heavy atom. The number of hydrogen-bond acceptors (Lipinski definition) is 6. The Labute approximate surface area is 167 Å². The second-order valence-electron chi connectivity index (χ2n) is 7.70. The third kappa shape index (κ3) is 2.85. The first-order valence-corrected chi connectivity index (χ1v) is 10.0. The quantitative estimate of drug-likeness (QED) is 0.604. The van der Waals surface area contributed by atoms with Gasteiger partial charge in [-0.25, -0.2) is 4.79 Å². The summed E-state index contributed by atoms with van der Waals surface area (Å²) in [6.07, 6.45) is 8.35. The van der Waals surface area contributed by atoms with Crippen molar-refractivity contribution in [1.29, 1.82) is 0 Å². The second-order valence-corrected chi connectivity index (χ2v) is 8.72. The van der Waals surface area contributed by atoms with Crippen LogP contribution in [0.1, 0.15) is 44.6 Å². The van der Waals surface area contributed by atoms with Gasteiger partial charge in [0.1, 0.15) is 11.5 Å². The number of esters is 1. The summed E-state index contributed by atoms with van der Waals surface area (Å²) in [5, 5.41) is 1.86. The molecule has 1 aromatic heterocycles. The van der Waals surface area contributed by atoms with Crippen molar-refractivity contribution in [1.82, 2.24) is 5.32 Å². The molecule has 2 aliphatic carbocycles. The van der Waals surface area contributed by atoms with Gasteiger partial charge in [-0.1, -0.05) is 32.1 Å². The van der Waals surface area contributed by atoms with Crippen molar-refractivity contribution in [3.05, 3.63) is 52.4 Å². The molecule has 3 aliphatic rings. The van der Waals surface area contributed by atoms with Gasteiger partial charge >= 0.3 is 5.97 Å². The third-order valence-corrected chi connectivity index (χ3v) is 6.89. The molecule has 1 saturated heterocycles. The van der Waals surface area contributed by atoms with E-state index in [0.717, 1.165) is 23.9 Å². The summed E-state index contributed by atoms with van der Waals surface area (Å²) < 4.78 is 11.1. The fourth-order valence-corrected chi connectivity index (χ4v) is 4.88. The number of imide groups is 1. The van der Waals surface area contributed by atoms with E-state index < -0.39 is 5.91 Å². The first-order chi connectivity index (χ1) is 13.3. The molecule has 0 radical (unpaired) electrons. The molecule has 28 heavy (non-hydrogen) atoms. The van der Waals surface area contributed by atoms with Crippen LogP contribution in [0.5, 0.6) is 0 Å². The lowest BCUT2D eigenvalue weighted by Gasteiger charge is -2.60. The van der Waals surface area contributed by atoms with Crippen LogP contribution in [-0.4, -0.2) is 23.7 Å². The number of carbonyl (C=O) groups excluding carboxylic acids is 3. The van der Waals surface area contributed by atoms with Gasteiger partial charge < -0.3 is 9.15 Å². The number of amides is 2. The van der Waals surface area contributed by atoms with Gasteiger partial charge in [0.05, 0.1) is 17.1 Å². The van der Waals surface area contributed by atoms with E-state index >= 15 is 0 Å². The number of furan rings is 1. The molecule has 1 aliphatic heterocycles. The van der Waals surface area contributed by atoms with E-state index in [1.54, 1.807) is 13.0 Å². The van der Waals surface area contributed by atoms with Crippen LogP contribution in [0.3, 0.4) is 0 Å². The molecule has 1 saturated carbocycles. The van der Waals surface area contributed by atoms with Gasteiger partial charge in [-0.3, -0.25) is 14.9 Å². The summed E-state index contributed by atoms with van der Waals surface area (Å²) in [6.45, 7) is 6.45. The van der Waals surface area contributed by atoms with Crippen molar-refractivity contribution in [2.24, 2.45) is 10.8 Å². The molecule has 146 valence electrons. The van der Waals surface area contributed by atoms with Crippen LogP contribution in [0, 0.1) is 10.8 Å². The molecule has 2 amide bonds. The predicted octanol–water partition coefficient (Wildman–Crippen LogP) is 4.16. The van der Waals surface area contributed by atoms with Gasteiger partial charge in [0.2, 0.25) is 0 Å². The van der Waals surface area contributed by atoms with E-state index in [4.69, 9.17) is 9.15 Å². The Balaban J connectivity index is 1.54. The van der Waals surface area contributed by atoms with E-state index in [1.165, 1.54) is 0 Å². The maximum Gasteiger partial charge on any atom is 0.337 e. The summed E-state index contributed by atoms with van der Waals surface area (Å²) in [7, 11) is 0. The molecular weight excluding hydrogens is 378 g/mol. The molecule has 0 aromatic carbocycles. The van der Waals surface area contributed by atoms with Gasteiger partial charge in [-0.15, -0.1) is 0 Å². The Kier molecular flexibility index (Phi) is 4.38. The van der Waals surface area contributed by atoms with Crippen molar-refractivity contribution in [2.45, 2.75) is 33.1 Å². The Bertz CT molecular complexity index is 971. The van der Waals surface area contributed by atoms with Gasteiger partial charge in [0.15, 0.2) is 0 Å². The zero-order chi connectivity index (χ0) is 20.1. The highest BCUT2D eigenvalue weighted by Crippen LogP contribution is 2.68. The normalized spacial score (nSPS) is 32.6. The molecule has 2 heterocycles. The predicted molar refractivity (Wildman–Crippen MR) is 105 cm³/mol. The molecule has 2 fully saturated rings. The van der Waals surface area contributed by atoms with Crippen LogP contribution in [0.15, 0.2) is 45.3 Å². The summed E-state index contributed by atoms with van der Waals surface area (Å²) >= 11 is 0.868. The summed E-state index contributed by atoms with van der Waals surface area (Å²) in [5.74, 6) is 0.844. The number of hydrogen-bond donors (Lipinski definition) is 1. The fraction of sp³-hybridized carbons (Fsp3) is 0.381. The molecule has 3 unspecified atom stereocenters. The van der Waals surface area contributed by atoms with Crippen LogP contribution in [0.4, 0.5) is 4.79 Å². The number of rotatable bonds is 4. The van der Waals surface area contributed by atoms with Crippen molar-refractivity contribution in [3.63, 3.8) is 0 Å². The van der Waals surface area contributed by atoms with Crippen LogP contribution < -0.4 is 5.32 Å². The topological polar surface area (TPSA) is 85.6 Å². The summed E-state index contributed by atoms with van der Waals surface area (Å²) in [5.41, 5.74) is 0.257. The zero-order valence-corrected chi connectivity index (χ0v) is 16.7. The number of ether oxygens (including phenoxy) is 1. The minimum atomic E-state index is -0.400. The van der Waals surface area contributed by atoms with E-state index in [1.807, 2.05) is 24.3 Å². The minimum Gasteiger partial charge on any atom is -0.462 e. The number of fused-ring (bicyclic) bond motifs is 1. The van der Waals surface area contributed by atoms with Crippen LogP contribution in [0.2, 0.25) is 0 Å². The van der Waals surface area contributed by atoms with Crippen molar-refractivity contribution >= 4 is 35.0 Å². The SMILES string of the molecule is CCOC(=O)C1=CC2(C)CC(c3ccc(/C=C4/SC(=O)NC4=O)o3)C2(C)C=C1. The standard InChI is InChI=1S/C21H21NO5S/c1-4-26-18(24)12-7-8-21(3)14(11-20(21,2)10-12)15-6-5-13(27-15)9-16-17(23)22-19(25)28-16/h5-10,14H,4,11H2,1-3H3,(H,22,23,25)/b16-9+. The monoisotopic (exact) mass is 399 g/mol. The molecule has 1 aromatic rings. The summed E-state index contributed by atoms with van der Waals surface area (Å²) in [6, 6.07) is 3.73. The molecule has 4 rings (SSSR count). The molecule has 7 heteroatoms. The molecule has 3 atom stereocenters. The van der Waals surface area contributed by atoms with Crippen molar-refractivity contribution < 1.29 is 23.5 Å². The van der Waals surface area contributed by atoms with Crippen LogP contribution >= 0.6 is 11.8 Å². The fourth-order valence-electron chi connectivity index (χ4n) is 4.22. The van der Waals surface area contributed by atoms with E-state index in [2.05, 4.69) is 25.2 Å². The lowest BCUT2D eigenvalue weighted by molar-refractivity contribution is -0.138. The van der Waals surface area contributed by atoms with Gasteiger partial charge in [-0.2, -0.15) is 0 Å². The van der Waals surface area contributed by atoms with Gasteiger partial charge in [0.25, 0.3) is 11.1 Å². The average Bonchev–Trinajstić information content (AvgIpc) is 3.21. The lowest BCUT2D eigenvalue weighted by atomic mass is 9.43. The first kappa shape index (κ1) is 18.8. The molecule has 0 bridgehead atoms. The van der Waals surface area contributed by atoms with Gasteiger partial charge in [-0.05, 0) is 42.7 Å². The van der Waals surface area contributed by atoms with Crippen molar-refractivity contribution in [2.75, 3.05) is 6.61 Å². The molecule has 1 N–H and O–H groups in total. The third-order valence-electron chi connectivity index (χ3n) is 6.08. The Morgan fingerprint density at radius 3 is 2.82 bits per heavy atom. The van der Waals surface area contributed by atoms with Crippen LogP contribution in [-0.2, 0) is 14.3 Å². The largest absolute Gasteiger partial charge is 0.462 e. The molecule has 6 nitrogen and oxygen atoms in total. The first-order valence-electron chi connectivity index (χ1n) is 9.19. The van der Waals surface area contributed by atoms with E-state index in [-0.39, 0.29) is 28.0 Å².